The van der Waals surface area contributed by atoms with Crippen molar-refractivity contribution in [2.24, 2.45) is 0 Å². The van der Waals surface area contributed by atoms with Crippen LogP contribution < -0.4 is 15.0 Å². The number of hydrogen-bond donors (Lipinski definition) is 1. The van der Waals surface area contributed by atoms with E-state index in [1.54, 1.807) is 28.0 Å². The summed E-state index contributed by atoms with van der Waals surface area (Å²) in [6, 6.07) is 13.5. The molecule has 2 aliphatic heterocycles. The third kappa shape index (κ3) is 4.84. The number of allylic oxidation sites excluding steroid dienone is 1. The van der Waals surface area contributed by atoms with Crippen LogP contribution in [0, 0.1) is 6.92 Å². The quantitative estimate of drug-likeness (QED) is 0.658. The van der Waals surface area contributed by atoms with E-state index < -0.39 is 12.7 Å². The summed E-state index contributed by atoms with van der Waals surface area (Å²) < 4.78 is 36.4. The van der Waals surface area contributed by atoms with Crippen molar-refractivity contribution in [3.63, 3.8) is 0 Å². The normalized spacial score (nSPS) is 19.1. The second-order valence-electron chi connectivity index (χ2n) is 7.87. The average molecular weight is 474 g/mol. The molecule has 1 unspecified atom stereocenters. The Morgan fingerprint density at radius 2 is 1.79 bits per heavy atom. The lowest BCUT2D eigenvalue weighted by Crippen LogP contribution is -2.51. The number of carbonyl (C=O) groups is 1. The van der Waals surface area contributed by atoms with Crippen LogP contribution in [-0.2, 0) is 9.53 Å². The lowest BCUT2D eigenvalue weighted by molar-refractivity contribution is -0.131. The van der Waals surface area contributed by atoms with Gasteiger partial charge in [-0.3, -0.25) is 9.69 Å². The van der Waals surface area contributed by atoms with E-state index in [1.807, 2.05) is 38.1 Å². The van der Waals surface area contributed by atoms with Crippen molar-refractivity contribution >= 4 is 28.9 Å². The van der Waals surface area contributed by atoms with E-state index in [0.717, 1.165) is 11.3 Å². The van der Waals surface area contributed by atoms with E-state index in [9.17, 15) is 13.6 Å². The van der Waals surface area contributed by atoms with Crippen molar-refractivity contribution in [2.75, 3.05) is 31.2 Å². The molecular weight excluding hydrogens is 448 g/mol. The third-order valence-electron chi connectivity index (χ3n) is 5.75. The van der Waals surface area contributed by atoms with Gasteiger partial charge in [0.05, 0.1) is 24.8 Å². The maximum atomic E-state index is 13.7. The van der Waals surface area contributed by atoms with Crippen molar-refractivity contribution in [2.45, 2.75) is 26.5 Å². The molecule has 0 aliphatic carbocycles. The minimum Gasteiger partial charge on any atom is -0.434 e. The van der Waals surface area contributed by atoms with Crippen LogP contribution in [0.2, 0.25) is 0 Å². The van der Waals surface area contributed by atoms with Crippen LogP contribution in [0.25, 0.3) is 0 Å². The number of morpholine rings is 1. The third-order valence-corrected chi connectivity index (χ3v) is 6.05. The summed E-state index contributed by atoms with van der Waals surface area (Å²) >= 11 is 5.67. The van der Waals surface area contributed by atoms with E-state index in [-0.39, 0.29) is 11.7 Å². The van der Waals surface area contributed by atoms with Gasteiger partial charge in [0.1, 0.15) is 5.75 Å². The number of nitrogens with zero attached hydrogens (tertiary/aromatic N) is 2. The molecule has 9 heteroatoms. The Hall–Kier alpha value is -3.04. The Bertz CT molecular complexity index is 1070. The molecule has 6 nitrogen and oxygen atoms in total. The summed E-state index contributed by atoms with van der Waals surface area (Å²) in [5, 5.41) is 3.57. The number of benzene rings is 2. The number of hydrogen-bond acceptors (Lipinski definition) is 4. The van der Waals surface area contributed by atoms with Gasteiger partial charge in [0.15, 0.2) is 5.11 Å². The van der Waals surface area contributed by atoms with E-state index in [4.69, 9.17) is 21.7 Å². The molecule has 0 radical (unpaired) electrons. The molecular formula is C24H25F2N3O3S. The molecule has 2 heterocycles. The van der Waals surface area contributed by atoms with Gasteiger partial charge in [-0.25, -0.2) is 0 Å². The van der Waals surface area contributed by atoms with Crippen molar-refractivity contribution in [3.8, 4) is 5.75 Å². The van der Waals surface area contributed by atoms with Gasteiger partial charge in [-0.2, -0.15) is 8.78 Å². The summed E-state index contributed by atoms with van der Waals surface area (Å²) in [5.41, 5.74) is 3.38. The summed E-state index contributed by atoms with van der Waals surface area (Å²) in [4.78, 5) is 17.3. The first-order valence-corrected chi connectivity index (χ1v) is 11.1. The number of ether oxygens (including phenoxy) is 2. The Labute approximate surface area is 196 Å². The summed E-state index contributed by atoms with van der Waals surface area (Å²) in [6.07, 6.45) is 0. The zero-order valence-electron chi connectivity index (χ0n) is 18.4. The predicted molar refractivity (Wildman–Crippen MR) is 125 cm³/mol. The van der Waals surface area contributed by atoms with Crippen molar-refractivity contribution < 1.29 is 23.0 Å². The largest absolute Gasteiger partial charge is 0.434 e. The van der Waals surface area contributed by atoms with Crippen LogP contribution in [0.15, 0.2) is 59.8 Å². The number of nitrogens with one attached hydrogen (secondary N) is 1. The van der Waals surface area contributed by atoms with Gasteiger partial charge in [-0.15, -0.1) is 0 Å². The van der Waals surface area contributed by atoms with Crippen molar-refractivity contribution in [1.82, 2.24) is 10.2 Å². The SMILES string of the molecule is CC1=C(C(=O)N2CCOCC2)C(c2ccccc2OC(F)F)NC(=S)N1c1ccc(C)cc1. The first-order chi connectivity index (χ1) is 15.9. The molecule has 2 aromatic rings. The maximum Gasteiger partial charge on any atom is 0.387 e. The zero-order valence-corrected chi connectivity index (χ0v) is 19.2. The fourth-order valence-corrected chi connectivity index (χ4v) is 4.48. The van der Waals surface area contributed by atoms with E-state index in [1.165, 1.54) is 6.07 Å². The molecule has 1 N–H and O–H groups in total. The number of anilines is 1. The highest BCUT2D eigenvalue weighted by Gasteiger charge is 2.38. The molecule has 2 aliphatic rings. The molecule has 1 amide bonds. The molecule has 1 saturated heterocycles. The standard InChI is InChI=1S/C24H25F2N3O3S/c1-15-7-9-17(10-8-15)29-16(2)20(22(30)28-11-13-31-14-12-28)21(27-24(29)33)18-5-3-4-6-19(18)32-23(25)26/h3-10,21,23H,11-14H2,1-2H3,(H,27,33). The van der Waals surface area contributed by atoms with Gasteiger partial charge in [0.2, 0.25) is 0 Å². The van der Waals surface area contributed by atoms with Crippen LogP contribution >= 0.6 is 12.2 Å². The summed E-state index contributed by atoms with van der Waals surface area (Å²) in [7, 11) is 0. The average Bonchev–Trinajstić information content (AvgIpc) is 2.80. The van der Waals surface area contributed by atoms with Crippen LogP contribution in [0.3, 0.4) is 0 Å². The van der Waals surface area contributed by atoms with Gasteiger partial charge in [-0.05, 0) is 44.3 Å². The van der Waals surface area contributed by atoms with Gasteiger partial charge >= 0.3 is 6.61 Å². The smallest absolute Gasteiger partial charge is 0.387 e. The van der Waals surface area contributed by atoms with E-state index in [0.29, 0.717) is 48.2 Å². The Morgan fingerprint density at radius 3 is 2.45 bits per heavy atom. The molecule has 0 aromatic heterocycles. The molecule has 4 rings (SSSR count). The number of para-hydroxylation sites is 1. The van der Waals surface area contributed by atoms with Crippen LogP contribution in [0.1, 0.15) is 24.1 Å². The van der Waals surface area contributed by atoms with Gasteiger partial charge in [0.25, 0.3) is 5.91 Å². The number of halogens is 2. The highest BCUT2D eigenvalue weighted by molar-refractivity contribution is 7.80. The second-order valence-corrected chi connectivity index (χ2v) is 8.26. The minimum absolute atomic E-state index is 0.00309. The molecule has 0 spiro atoms. The Morgan fingerprint density at radius 1 is 1.12 bits per heavy atom. The molecule has 1 fully saturated rings. The monoisotopic (exact) mass is 473 g/mol. The zero-order chi connectivity index (χ0) is 23.5. The first-order valence-electron chi connectivity index (χ1n) is 10.7. The Kier molecular flexibility index (Phi) is 6.90. The number of thiocarbonyl (C=S) groups is 1. The lowest BCUT2D eigenvalue weighted by Gasteiger charge is -2.40. The number of aryl methyl sites for hydroxylation is 1. The predicted octanol–water partition coefficient (Wildman–Crippen LogP) is 4.17. The number of rotatable bonds is 5. The fraction of sp³-hybridized carbons (Fsp3) is 0.333. The van der Waals surface area contributed by atoms with Gasteiger partial charge < -0.3 is 19.7 Å². The number of carbonyl (C=O) groups excluding carboxylic acids is 1. The van der Waals surface area contributed by atoms with Gasteiger partial charge in [-0.1, -0.05) is 35.9 Å². The second kappa shape index (κ2) is 9.84. The van der Waals surface area contributed by atoms with Crippen LogP contribution in [0.5, 0.6) is 5.75 Å². The molecule has 1 atom stereocenters. The highest BCUT2D eigenvalue weighted by Crippen LogP contribution is 2.38. The fourth-order valence-electron chi connectivity index (χ4n) is 4.12. The van der Waals surface area contributed by atoms with Crippen molar-refractivity contribution in [1.29, 1.82) is 0 Å². The van der Waals surface area contributed by atoms with E-state index in [2.05, 4.69) is 5.32 Å². The topological polar surface area (TPSA) is 54.0 Å². The molecule has 33 heavy (non-hydrogen) atoms. The number of alkyl halides is 2. The Balaban J connectivity index is 1.83. The van der Waals surface area contributed by atoms with Crippen LogP contribution in [-0.4, -0.2) is 48.8 Å². The molecule has 174 valence electrons. The highest BCUT2D eigenvalue weighted by atomic mass is 32.1. The molecule has 0 saturated carbocycles. The van der Waals surface area contributed by atoms with Crippen LogP contribution in [0.4, 0.5) is 14.5 Å². The van der Waals surface area contributed by atoms with Gasteiger partial charge in [0, 0.05) is 30.0 Å². The molecule has 2 aromatic carbocycles. The van der Waals surface area contributed by atoms with E-state index >= 15 is 0 Å². The van der Waals surface area contributed by atoms with Crippen molar-refractivity contribution in [3.05, 3.63) is 70.9 Å². The number of amides is 1. The minimum atomic E-state index is -2.99. The summed E-state index contributed by atoms with van der Waals surface area (Å²) in [6.45, 7) is 2.61. The lowest BCUT2D eigenvalue weighted by atomic mass is 9.92. The summed E-state index contributed by atoms with van der Waals surface area (Å²) in [5.74, 6) is -0.198. The first kappa shape index (κ1) is 23.1. The molecule has 0 bridgehead atoms. The maximum absolute atomic E-state index is 13.7.